The van der Waals surface area contributed by atoms with Gasteiger partial charge in [0.2, 0.25) is 21.7 Å². The number of nitrogens with one attached hydrogen (secondary N) is 1. The number of likely N-dealkylation sites (tertiary alicyclic amines) is 1. The highest BCUT2D eigenvalue weighted by atomic mass is 32.2. The van der Waals surface area contributed by atoms with Crippen molar-refractivity contribution in [2.45, 2.75) is 36.6 Å². The van der Waals surface area contributed by atoms with Gasteiger partial charge in [-0.3, -0.25) is 4.79 Å². The van der Waals surface area contributed by atoms with E-state index in [1.807, 2.05) is 0 Å². The van der Waals surface area contributed by atoms with Crippen LogP contribution in [-0.2, 0) is 10.0 Å². The number of pyridine rings is 1. The number of nitrogen functional groups attached to an aromatic ring is 1. The van der Waals surface area contributed by atoms with Crippen LogP contribution in [0.5, 0.6) is 5.88 Å². The number of aromatic nitrogens is 2. The molecule has 0 saturated carbocycles. The topological polar surface area (TPSA) is 131 Å². The summed E-state index contributed by atoms with van der Waals surface area (Å²) in [6, 6.07) is 6.16. The van der Waals surface area contributed by atoms with Crippen molar-refractivity contribution in [3.63, 3.8) is 0 Å². The fourth-order valence-corrected chi connectivity index (χ4v) is 7.49. The van der Waals surface area contributed by atoms with Gasteiger partial charge in [0.25, 0.3) is 0 Å². The lowest BCUT2D eigenvalue weighted by molar-refractivity contribution is 0.103. The smallest absolute Gasteiger partial charge is 0.244 e. The molecule has 0 bridgehead atoms. The second-order valence-electron chi connectivity index (χ2n) is 10.4. The number of ether oxygens (including phenoxy) is 1. The van der Waals surface area contributed by atoms with E-state index in [0.29, 0.717) is 36.4 Å². The summed E-state index contributed by atoms with van der Waals surface area (Å²) in [5, 5.41) is 3.50. The van der Waals surface area contributed by atoms with Crippen molar-refractivity contribution in [2.24, 2.45) is 5.92 Å². The minimum atomic E-state index is -3.74. The Morgan fingerprint density at radius 3 is 2.54 bits per heavy atom. The molecule has 2 aliphatic heterocycles. The minimum Gasteiger partial charge on any atom is -0.477 e. The summed E-state index contributed by atoms with van der Waals surface area (Å²) in [5.41, 5.74) is 5.21. The summed E-state index contributed by atoms with van der Waals surface area (Å²) in [6.07, 6.45) is 4.53. The molecule has 2 aromatic heterocycles. The van der Waals surface area contributed by atoms with Gasteiger partial charge in [-0.1, -0.05) is 17.4 Å². The minimum absolute atomic E-state index is 0.0671. The molecule has 10 nitrogen and oxygen atoms in total. The van der Waals surface area contributed by atoms with E-state index in [2.05, 4.69) is 27.2 Å². The molecule has 0 radical (unpaired) electrons. The van der Waals surface area contributed by atoms with Crippen molar-refractivity contribution in [3.8, 4) is 5.88 Å². The first kappa shape index (κ1) is 29.3. The van der Waals surface area contributed by atoms with Gasteiger partial charge in [-0.05, 0) is 57.5 Å². The summed E-state index contributed by atoms with van der Waals surface area (Å²) in [7, 11) is -1.65. The average Bonchev–Trinajstić information content (AvgIpc) is 3.32. The van der Waals surface area contributed by atoms with Crippen LogP contribution in [-0.4, -0.2) is 79.2 Å². The number of sulfonamides is 1. The Morgan fingerprint density at radius 2 is 1.88 bits per heavy atom. The third-order valence-corrected chi connectivity index (χ3v) is 10.3. The number of carbonyl (C=O) groups is 1. The number of anilines is 2. The first-order valence-electron chi connectivity index (χ1n) is 13.4. The number of halogens is 2. The third kappa shape index (κ3) is 6.66. The van der Waals surface area contributed by atoms with Crippen molar-refractivity contribution >= 4 is 38.1 Å². The van der Waals surface area contributed by atoms with Crippen molar-refractivity contribution in [1.82, 2.24) is 19.2 Å². The van der Waals surface area contributed by atoms with E-state index in [1.165, 1.54) is 22.6 Å². The van der Waals surface area contributed by atoms with Crippen LogP contribution < -0.4 is 15.8 Å². The van der Waals surface area contributed by atoms with E-state index < -0.39 is 33.0 Å². The van der Waals surface area contributed by atoms with Crippen LogP contribution in [0.25, 0.3) is 0 Å². The van der Waals surface area contributed by atoms with E-state index in [0.717, 1.165) is 49.4 Å². The van der Waals surface area contributed by atoms with Crippen LogP contribution in [0.4, 0.5) is 19.7 Å². The van der Waals surface area contributed by atoms with Crippen molar-refractivity contribution in [3.05, 3.63) is 58.6 Å². The van der Waals surface area contributed by atoms with Crippen molar-refractivity contribution < 1.29 is 26.7 Å². The maximum Gasteiger partial charge on any atom is 0.244 e. The second kappa shape index (κ2) is 12.3. The molecule has 0 spiro atoms. The van der Waals surface area contributed by atoms with E-state index in [9.17, 15) is 22.0 Å². The number of hydrogen-bond acceptors (Lipinski definition) is 10. The predicted octanol–water partition coefficient (Wildman–Crippen LogP) is 3.62. The van der Waals surface area contributed by atoms with Gasteiger partial charge in [-0.25, -0.2) is 27.2 Å². The van der Waals surface area contributed by atoms with Gasteiger partial charge >= 0.3 is 0 Å². The molecule has 1 unspecified atom stereocenters. The Hall–Kier alpha value is -3.20. The number of hydrogen-bond donors (Lipinski definition) is 2. The number of nitrogens with two attached hydrogens (primary N) is 1. The molecule has 0 amide bonds. The molecule has 2 saturated heterocycles. The zero-order chi connectivity index (χ0) is 29.1. The highest BCUT2D eigenvalue weighted by molar-refractivity contribution is 7.89. The number of ketones is 1. The van der Waals surface area contributed by atoms with Gasteiger partial charge in [0, 0.05) is 37.7 Å². The van der Waals surface area contributed by atoms with Crippen LogP contribution in [0, 0.1) is 17.6 Å². The average molecular weight is 607 g/mol. The first-order valence-corrected chi connectivity index (χ1v) is 15.7. The number of nitrogens with zero attached hydrogens (tertiary/aromatic N) is 4. The molecule has 1 atom stereocenters. The van der Waals surface area contributed by atoms with Crippen LogP contribution in [0.15, 0.2) is 41.4 Å². The summed E-state index contributed by atoms with van der Waals surface area (Å²) >= 11 is 0.907. The van der Waals surface area contributed by atoms with Gasteiger partial charge in [0.1, 0.15) is 27.2 Å². The summed E-state index contributed by atoms with van der Waals surface area (Å²) in [5.74, 6) is -2.13. The molecule has 41 heavy (non-hydrogen) atoms. The molecular formula is C27H32F2N6O4S2. The van der Waals surface area contributed by atoms with Crippen LogP contribution in [0.2, 0.25) is 0 Å². The largest absolute Gasteiger partial charge is 0.477 e. The standard InChI is InChI=1S/C27H32F2N6O4S2/c1-34-11-3-4-17(15-34)16-39-22-8-7-19(14-31-22)41(37,38)35-12-9-18(10-13-35)32-27-33-26(30)25(40-27)24(36)23-20(28)5-2-6-21(23)29/h2,5-8,14,17-18H,3-4,9-13,15-16,30H2,1H3,(H,32,33). The van der Waals surface area contributed by atoms with Crippen LogP contribution in [0.1, 0.15) is 40.9 Å². The van der Waals surface area contributed by atoms with Crippen molar-refractivity contribution in [1.29, 1.82) is 0 Å². The zero-order valence-corrected chi connectivity index (χ0v) is 24.2. The van der Waals surface area contributed by atoms with E-state index in [4.69, 9.17) is 10.5 Å². The van der Waals surface area contributed by atoms with E-state index in [1.54, 1.807) is 6.07 Å². The SMILES string of the molecule is CN1CCCC(COc2ccc(S(=O)(=O)N3CCC(Nc4nc(N)c(C(=O)c5c(F)cccc5F)s4)CC3)cn2)C1. The molecule has 0 aliphatic carbocycles. The lowest BCUT2D eigenvalue weighted by Gasteiger charge is -2.31. The van der Waals surface area contributed by atoms with Crippen LogP contribution >= 0.6 is 11.3 Å². The lowest BCUT2D eigenvalue weighted by atomic mass is 10.00. The highest BCUT2D eigenvalue weighted by Gasteiger charge is 2.31. The highest BCUT2D eigenvalue weighted by Crippen LogP contribution is 2.31. The lowest BCUT2D eigenvalue weighted by Crippen LogP contribution is -2.42. The second-order valence-corrected chi connectivity index (χ2v) is 13.3. The maximum absolute atomic E-state index is 14.1. The van der Waals surface area contributed by atoms with E-state index >= 15 is 0 Å². The number of benzene rings is 1. The summed E-state index contributed by atoms with van der Waals surface area (Å²) < 4.78 is 61.8. The van der Waals surface area contributed by atoms with Gasteiger partial charge < -0.3 is 20.7 Å². The van der Waals surface area contributed by atoms with Gasteiger partial charge in [-0.15, -0.1) is 0 Å². The molecule has 3 aromatic rings. The Kier molecular flexibility index (Phi) is 8.82. The Balaban J connectivity index is 1.15. The molecule has 14 heteroatoms. The van der Waals surface area contributed by atoms with Crippen molar-refractivity contribution in [2.75, 3.05) is 50.9 Å². The molecule has 220 valence electrons. The molecule has 2 fully saturated rings. The molecule has 3 N–H and O–H groups in total. The first-order chi connectivity index (χ1) is 19.6. The third-order valence-electron chi connectivity index (χ3n) is 7.37. The van der Waals surface area contributed by atoms with Crippen LogP contribution in [0.3, 0.4) is 0 Å². The Morgan fingerprint density at radius 1 is 1.15 bits per heavy atom. The maximum atomic E-state index is 14.1. The summed E-state index contributed by atoms with van der Waals surface area (Å²) in [4.78, 5) is 23.4. The normalized spacial score (nSPS) is 19.2. The van der Waals surface area contributed by atoms with Gasteiger partial charge in [0.15, 0.2) is 5.13 Å². The Bertz CT molecular complexity index is 1470. The fraction of sp³-hybridized carbons (Fsp3) is 0.444. The monoisotopic (exact) mass is 606 g/mol. The molecule has 2 aliphatic rings. The molecular weight excluding hydrogens is 574 g/mol. The summed E-state index contributed by atoms with van der Waals surface area (Å²) in [6.45, 7) is 3.14. The van der Waals surface area contributed by atoms with Gasteiger partial charge in [0.05, 0.1) is 18.4 Å². The van der Waals surface area contributed by atoms with Gasteiger partial charge in [-0.2, -0.15) is 4.31 Å². The Labute approximate surface area is 241 Å². The molecule has 5 rings (SSSR count). The molecule has 4 heterocycles. The number of piperidine rings is 2. The molecule has 1 aromatic carbocycles. The zero-order valence-electron chi connectivity index (χ0n) is 22.6. The quantitative estimate of drug-likeness (QED) is 0.351. The van der Waals surface area contributed by atoms with E-state index in [-0.39, 0.29) is 34.7 Å². The number of thiazole rings is 1. The number of carbonyl (C=O) groups excluding carboxylic acids is 1. The fourth-order valence-electron chi connectivity index (χ4n) is 5.17. The number of rotatable bonds is 9. The predicted molar refractivity (Wildman–Crippen MR) is 152 cm³/mol.